The number of hydrogen-bond acceptors (Lipinski definition) is 4. The molecule has 4 nitrogen and oxygen atoms in total. The molecule has 0 amide bonds. The molecular weight excluding hydrogens is 252 g/mol. The summed E-state index contributed by atoms with van der Waals surface area (Å²) in [5, 5.41) is 3.47. The highest BCUT2D eigenvalue weighted by Crippen LogP contribution is 2.27. The molecule has 20 heavy (non-hydrogen) atoms. The molecule has 1 aromatic rings. The highest BCUT2D eigenvalue weighted by atomic mass is 16.5. The van der Waals surface area contributed by atoms with Crippen molar-refractivity contribution in [2.24, 2.45) is 0 Å². The predicted octanol–water partition coefficient (Wildman–Crippen LogP) is 2.53. The zero-order valence-corrected chi connectivity index (χ0v) is 13.2. The van der Waals surface area contributed by atoms with Gasteiger partial charge in [-0.05, 0) is 37.7 Å². The lowest BCUT2D eigenvalue weighted by molar-refractivity contribution is 0.301. The van der Waals surface area contributed by atoms with Gasteiger partial charge in [0.25, 0.3) is 0 Å². The van der Waals surface area contributed by atoms with Crippen LogP contribution in [0.25, 0.3) is 0 Å². The van der Waals surface area contributed by atoms with Crippen LogP contribution in [-0.2, 0) is 6.54 Å². The van der Waals surface area contributed by atoms with Gasteiger partial charge in [0.15, 0.2) is 11.5 Å². The van der Waals surface area contributed by atoms with E-state index in [1.54, 1.807) is 7.11 Å². The molecule has 4 heteroatoms. The molecule has 0 saturated carbocycles. The first-order valence-electron chi connectivity index (χ1n) is 7.47. The zero-order chi connectivity index (χ0) is 14.8. The van der Waals surface area contributed by atoms with Crippen molar-refractivity contribution in [2.75, 3.05) is 39.9 Å². The fraction of sp³-hybridized carbons (Fsp3) is 0.625. The molecule has 0 spiro atoms. The summed E-state index contributed by atoms with van der Waals surface area (Å²) in [4.78, 5) is 2.41. The first-order chi connectivity index (χ1) is 9.74. The first-order valence-corrected chi connectivity index (χ1v) is 7.47. The molecule has 0 aliphatic carbocycles. The number of nitrogens with one attached hydrogen (secondary N) is 1. The third-order valence-electron chi connectivity index (χ3n) is 3.36. The molecule has 0 atom stereocenters. The van der Waals surface area contributed by atoms with E-state index in [9.17, 15) is 0 Å². The number of nitrogens with zero attached hydrogens (tertiary/aromatic N) is 1. The number of benzene rings is 1. The molecule has 0 fully saturated rings. The minimum Gasteiger partial charge on any atom is -0.493 e. The normalized spacial score (nSPS) is 10.8. The molecule has 0 aromatic heterocycles. The van der Waals surface area contributed by atoms with E-state index in [2.05, 4.69) is 30.1 Å². The fourth-order valence-electron chi connectivity index (χ4n) is 2.11. The van der Waals surface area contributed by atoms with Crippen molar-refractivity contribution in [2.45, 2.75) is 27.3 Å². The topological polar surface area (TPSA) is 33.7 Å². The predicted molar refractivity (Wildman–Crippen MR) is 83.7 cm³/mol. The summed E-state index contributed by atoms with van der Waals surface area (Å²) in [5.41, 5.74) is 1.22. The Labute approximate surface area is 123 Å². The summed E-state index contributed by atoms with van der Waals surface area (Å²) in [6.07, 6.45) is 0. The third kappa shape index (κ3) is 5.39. The molecule has 1 rings (SSSR count). The van der Waals surface area contributed by atoms with E-state index in [-0.39, 0.29) is 0 Å². The molecule has 0 aliphatic heterocycles. The molecule has 0 aliphatic rings. The maximum Gasteiger partial charge on any atom is 0.161 e. The number of rotatable bonds is 10. The third-order valence-corrected chi connectivity index (χ3v) is 3.36. The molecule has 0 unspecified atom stereocenters. The monoisotopic (exact) mass is 280 g/mol. The lowest BCUT2D eigenvalue weighted by atomic mass is 10.2. The number of methoxy groups -OCH3 is 1. The summed E-state index contributed by atoms with van der Waals surface area (Å²) in [5.74, 6) is 1.61. The van der Waals surface area contributed by atoms with E-state index >= 15 is 0 Å². The summed E-state index contributed by atoms with van der Waals surface area (Å²) >= 11 is 0. The van der Waals surface area contributed by atoms with Crippen LogP contribution in [0.15, 0.2) is 18.2 Å². The van der Waals surface area contributed by atoms with Gasteiger partial charge in [0, 0.05) is 19.6 Å². The Morgan fingerprint density at radius 1 is 1.10 bits per heavy atom. The second kappa shape index (κ2) is 9.61. The molecule has 1 aromatic carbocycles. The lowest BCUT2D eigenvalue weighted by Crippen LogP contribution is -2.31. The van der Waals surface area contributed by atoms with Gasteiger partial charge in [-0.1, -0.05) is 19.9 Å². The number of hydrogen-bond donors (Lipinski definition) is 1. The van der Waals surface area contributed by atoms with Crippen LogP contribution in [0.4, 0.5) is 0 Å². The minimum absolute atomic E-state index is 0.648. The Kier molecular flexibility index (Phi) is 8.07. The van der Waals surface area contributed by atoms with Crippen LogP contribution in [0.3, 0.4) is 0 Å². The quantitative estimate of drug-likeness (QED) is 0.668. The van der Waals surface area contributed by atoms with Crippen molar-refractivity contribution in [1.82, 2.24) is 10.2 Å². The first kappa shape index (κ1) is 16.8. The van der Waals surface area contributed by atoms with Gasteiger partial charge >= 0.3 is 0 Å². The Balaban J connectivity index is 2.45. The maximum atomic E-state index is 5.59. The lowest BCUT2D eigenvalue weighted by Gasteiger charge is -2.18. The SMILES string of the molecule is CCOc1cc(CNCCN(CC)CC)ccc1OC. The van der Waals surface area contributed by atoms with Crippen LogP contribution < -0.4 is 14.8 Å². The van der Waals surface area contributed by atoms with E-state index in [0.29, 0.717) is 6.61 Å². The molecule has 1 N–H and O–H groups in total. The van der Waals surface area contributed by atoms with Crippen LogP contribution >= 0.6 is 0 Å². The van der Waals surface area contributed by atoms with Crippen LogP contribution in [0.5, 0.6) is 11.5 Å². The van der Waals surface area contributed by atoms with E-state index in [0.717, 1.165) is 44.2 Å². The molecule has 0 heterocycles. The van der Waals surface area contributed by atoms with E-state index in [1.165, 1.54) is 5.56 Å². The van der Waals surface area contributed by atoms with Crippen molar-refractivity contribution in [3.05, 3.63) is 23.8 Å². The highest BCUT2D eigenvalue weighted by molar-refractivity contribution is 5.42. The Morgan fingerprint density at radius 2 is 1.85 bits per heavy atom. The summed E-state index contributed by atoms with van der Waals surface area (Å²) in [6.45, 7) is 12.2. The number of ether oxygens (including phenoxy) is 2. The second-order valence-corrected chi connectivity index (χ2v) is 4.62. The van der Waals surface area contributed by atoms with Crippen molar-refractivity contribution >= 4 is 0 Å². The molecule has 114 valence electrons. The summed E-state index contributed by atoms with van der Waals surface area (Å²) in [6, 6.07) is 6.09. The van der Waals surface area contributed by atoms with Gasteiger partial charge in [0.2, 0.25) is 0 Å². The van der Waals surface area contributed by atoms with Crippen molar-refractivity contribution in [3.8, 4) is 11.5 Å². The van der Waals surface area contributed by atoms with E-state index in [4.69, 9.17) is 9.47 Å². The van der Waals surface area contributed by atoms with Crippen molar-refractivity contribution in [3.63, 3.8) is 0 Å². The smallest absolute Gasteiger partial charge is 0.161 e. The second-order valence-electron chi connectivity index (χ2n) is 4.62. The van der Waals surface area contributed by atoms with Gasteiger partial charge in [-0.15, -0.1) is 0 Å². The standard InChI is InChI=1S/C16H28N2O2/c1-5-18(6-2)11-10-17-13-14-8-9-15(19-4)16(12-14)20-7-3/h8-9,12,17H,5-7,10-11,13H2,1-4H3. The Bertz CT molecular complexity index is 379. The molecule has 0 saturated heterocycles. The summed E-state index contributed by atoms with van der Waals surface area (Å²) in [7, 11) is 1.67. The maximum absolute atomic E-state index is 5.59. The average molecular weight is 280 g/mol. The Hall–Kier alpha value is -1.26. The fourth-order valence-corrected chi connectivity index (χ4v) is 2.11. The summed E-state index contributed by atoms with van der Waals surface area (Å²) < 4.78 is 10.9. The van der Waals surface area contributed by atoms with Gasteiger partial charge in [0.1, 0.15) is 0 Å². The molecule has 0 radical (unpaired) electrons. The van der Waals surface area contributed by atoms with E-state index < -0.39 is 0 Å². The largest absolute Gasteiger partial charge is 0.493 e. The Morgan fingerprint density at radius 3 is 2.45 bits per heavy atom. The van der Waals surface area contributed by atoms with Gasteiger partial charge in [-0.2, -0.15) is 0 Å². The number of likely N-dealkylation sites (N-methyl/N-ethyl adjacent to an activating group) is 1. The van der Waals surface area contributed by atoms with Gasteiger partial charge in [-0.3, -0.25) is 0 Å². The minimum atomic E-state index is 0.648. The van der Waals surface area contributed by atoms with Gasteiger partial charge < -0.3 is 19.7 Å². The van der Waals surface area contributed by atoms with Crippen molar-refractivity contribution < 1.29 is 9.47 Å². The average Bonchev–Trinajstić information content (AvgIpc) is 2.48. The van der Waals surface area contributed by atoms with Crippen LogP contribution in [0, 0.1) is 0 Å². The van der Waals surface area contributed by atoms with Crippen LogP contribution in [0.1, 0.15) is 26.3 Å². The van der Waals surface area contributed by atoms with Gasteiger partial charge in [-0.25, -0.2) is 0 Å². The molecule has 0 bridgehead atoms. The van der Waals surface area contributed by atoms with Crippen molar-refractivity contribution in [1.29, 1.82) is 0 Å². The van der Waals surface area contributed by atoms with Crippen LogP contribution in [-0.4, -0.2) is 44.8 Å². The molecular formula is C16H28N2O2. The van der Waals surface area contributed by atoms with Crippen LogP contribution in [0.2, 0.25) is 0 Å². The van der Waals surface area contributed by atoms with Gasteiger partial charge in [0.05, 0.1) is 13.7 Å². The van der Waals surface area contributed by atoms with E-state index in [1.807, 2.05) is 19.1 Å². The highest BCUT2D eigenvalue weighted by Gasteiger charge is 2.05. The zero-order valence-electron chi connectivity index (χ0n) is 13.2.